The summed E-state index contributed by atoms with van der Waals surface area (Å²) in [6, 6.07) is 16.6. The summed E-state index contributed by atoms with van der Waals surface area (Å²) in [4.78, 5) is 15.1. The first-order valence-electron chi connectivity index (χ1n) is 11.1. The zero-order valence-electron chi connectivity index (χ0n) is 19.7. The lowest BCUT2D eigenvalue weighted by molar-refractivity contribution is -0.888. The molecule has 2 aliphatic heterocycles. The van der Waals surface area contributed by atoms with Crippen LogP contribution in [0.3, 0.4) is 0 Å². The second-order valence-corrected chi connectivity index (χ2v) is 8.49. The number of carbonyl (C=O) groups excluding carboxylic acids is 1. The summed E-state index contributed by atoms with van der Waals surface area (Å²) < 4.78 is 10.4. The molecule has 0 radical (unpaired) electrons. The van der Waals surface area contributed by atoms with Gasteiger partial charge in [-0.15, -0.1) is 0 Å². The standard InChI is InChI=1S/C21H18N3O2S.C5H11NO/c1-13-18(20(25)24-16-10-6-7-11-17(16)26-2)19(14-8-4-3-5-9-14)15(12-22)21(27)23-13;1-6-2-4-7-5-3-6/h3-11,19H,1-2H3,(H,23,27)(H,24,25);2-5H2,1H3/q-1;/p+1. The van der Waals surface area contributed by atoms with Gasteiger partial charge in [0.25, 0.3) is 5.91 Å². The number of morpholine rings is 1. The van der Waals surface area contributed by atoms with E-state index in [4.69, 9.17) is 21.7 Å². The lowest BCUT2D eigenvalue weighted by Crippen LogP contribution is -3.11. The fraction of sp³-hybridized carbons (Fsp3) is 0.308. The smallest absolute Gasteiger partial charge is 0.254 e. The number of nitrogens with zero attached hydrogens (tertiary/aromatic N) is 1. The highest BCUT2D eigenvalue weighted by Gasteiger charge is 2.33. The highest BCUT2D eigenvalue weighted by molar-refractivity contribution is 7.80. The number of amides is 1. The zero-order chi connectivity index (χ0) is 24.5. The molecule has 2 aromatic rings. The van der Waals surface area contributed by atoms with Crippen molar-refractivity contribution in [2.75, 3.05) is 45.8 Å². The summed E-state index contributed by atoms with van der Waals surface area (Å²) in [5.74, 6) is 1.89. The molecular formula is C26H30N4O3S. The Morgan fingerprint density at radius 2 is 1.82 bits per heavy atom. The van der Waals surface area contributed by atoms with Crippen LogP contribution in [0.5, 0.6) is 5.75 Å². The molecule has 1 fully saturated rings. The van der Waals surface area contributed by atoms with Crippen LogP contribution in [0.2, 0.25) is 0 Å². The van der Waals surface area contributed by atoms with Gasteiger partial charge in [0.2, 0.25) is 0 Å². The minimum Gasteiger partial charge on any atom is -0.763 e. The summed E-state index contributed by atoms with van der Waals surface area (Å²) in [5, 5.41) is 15.5. The van der Waals surface area contributed by atoms with Gasteiger partial charge in [-0.3, -0.25) is 10.7 Å². The van der Waals surface area contributed by atoms with E-state index in [2.05, 4.69) is 23.6 Å². The van der Waals surface area contributed by atoms with Crippen LogP contribution >= 0.6 is 12.2 Å². The molecule has 3 N–H and O–H groups in total. The number of anilines is 1. The van der Waals surface area contributed by atoms with Gasteiger partial charge in [-0.25, -0.2) is 0 Å². The molecular weight excluding hydrogens is 448 g/mol. The van der Waals surface area contributed by atoms with Gasteiger partial charge in [0, 0.05) is 22.8 Å². The maximum absolute atomic E-state index is 13.2. The number of rotatable bonds is 4. The number of carbonyl (C=O) groups is 1. The number of para-hydroxylation sites is 2. The van der Waals surface area contributed by atoms with Crippen molar-refractivity contribution in [3.8, 4) is 5.75 Å². The molecule has 2 heterocycles. The highest BCUT2D eigenvalue weighted by atomic mass is 32.1. The van der Waals surface area contributed by atoms with Crippen molar-refractivity contribution < 1.29 is 19.2 Å². The van der Waals surface area contributed by atoms with E-state index in [1.54, 1.807) is 31.1 Å². The summed E-state index contributed by atoms with van der Waals surface area (Å²) in [5.41, 5.74) is 2.83. The van der Waals surface area contributed by atoms with Crippen LogP contribution in [-0.4, -0.2) is 57.2 Å². The molecule has 0 saturated carbocycles. The van der Waals surface area contributed by atoms with Gasteiger partial charge < -0.3 is 30.4 Å². The van der Waals surface area contributed by atoms with Gasteiger partial charge in [-0.05, 0) is 24.6 Å². The molecule has 7 nitrogen and oxygen atoms in total. The third-order valence-corrected chi connectivity index (χ3v) is 6.05. The molecule has 0 aromatic heterocycles. The highest BCUT2D eigenvalue weighted by Crippen LogP contribution is 2.37. The lowest BCUT2D eigenvalue weighted by atomic mass is 9.81. The molecule has 1 saturated heterocycles. The number of methoxy groups -OCH3 is 1. The largest absolute Gasteiger partial charge is 0.763 e. The lowest BCUT2D eigenvalue weighted by Gasteiger charge is -2.31. The van der Waals surface area contributed by atoms with Crippen LogP contribution in [0.15, 0.2) is 71.4 Å². The number of hydrogen-bond acceptors (Lipinski definition) is 4. The third-order valence-electron chi connectivity index (χ3n) is 5.73. The Morgan fingerprint density at radius 1 is 1.18 bits per heavy atom. The predicted molar refractivity (Wildman–Crippen MR) is 139 cm³/mol. The number of ether oxygens (including phenoxy) is 2. The molecule has 8 heteroatoms. The minimum atomic E-state index is -0.528. The predicted octanol–water partition coefficient (Wildman–Crippen LogP) is 2.32. The first kappa shape index (κ1) is 25.3. The van der Waals surface area contributed by atoms with E-state index in [9.17, 15) is 10.2 Å². The van der Waals surface area contributed by atoms with Crippen molar-refractivity contribution in [3.05, 3.63) is 82.4 Å². The quantitative estimate of drug-likeness (QED) is 0.357. The van der Waals surface area contributed by atoms with E-state index in [1.165, 1.54) is 13.1 Å². The average molecular weight is 479 g/mol. The second-order valence-electron chi connectivity index (χ2n) is 8.09. The van der Waals surface area contributed by atoms with E-state index < -0.39 is 5.92 Å². The third kappa shape index (κ3) is 6.18. The average Bonchev–Trinajstić information content (AvgIpc) is 2.85. The van der Waals surface area contributed by atoms with E-state index >= 15 is 0 Å². The number of benzene rings is 2. The fourth-order valence-corrected chi connectivity index (χ4v) is 4.17. The number of hydrogen-bond donors (Lipinski definition) is 3. The fourth-order valence-electron chi connectivity index (χ4n) is 3.85. The maximum Gasteiger partial charge on any atom is 0.254 e. The molecule has 0 bridgehead atoms. The topological polar surface area (TPSA) is 86.3 Å². The van der Waals surface area contributed by atoms with Gasteiger partial charge in [0.15, 0.2) is 0 Å². The Kier molecular flexibility index (Phi) is 9.13. The van der Waals surface area contributed by atoms with Gasteiger partial charge in [0.1, 0.15) is 23.8 Å². The molecule has 2 aromatic carbocycles. The van der Waals surface area contributed by atoms with Crippen molar-refractivity contribution in [1.82, 2.24) is 5.32 Å². The molecule has 0 spiro atoms. The SMILES string of the molecule is COc1ccccc1NC(=O)C1=C(C)NC(=S)C(=C=[N-])C1c1ccccc1.C[NH+]1CCOCC1. The van der Waals surface area contributed by atoms with Crippen molar-refractivity contribution in [1.29, 1.82) is 0 Å². The zero-order valence-corrected chi connectivity index (χ0v) is 20.5. The van der Waals surface area contributed by atoms with E-state index in [-0.39, 0.29) is 5.91 Å². The number of allylic oxidation sites excluding steroid dienone is 1. The Morgan fingerprint density at radius 3 is 2.41 bits per heavy atom. The first-order chi connectivity index (χ1) is 16.5. The Hall–Kier alpha value is -3.29. The molecule has 1 atom stereocenters. The Bertz CT molecular complexity index is 1100. The van der Waals surface area contributed by atoms with Crippen LogP contribution in [-0.2, 0) is 9.53 Å². The van der Waals surface area contributed by atoms with E-state index in [1.807, 2.05) is 42.5 Å². The minimum absolute atomic E-state index is 0.311. The van der Waals surface area contributed by atoms with Crippen molar-refractivity contribution in [3.63, 3.8) is 0 Å². The molecule has 1 amide bonds. The number of quaternary nitrogens is 1. The van der Waals surface area contributed by atoms with Crippen LogP contribution in [0.25, 0.3) is 5.41 Å². The number of nitrogens with one attached hydrogen (secondary N) is 3. The Balaban J connectivity index is 0.000000396. The van der Waals surface area contributed by atoms with Gasteiger partial charge in [-0.2, -0.15) is 0 Å². The first-order valence-corrected chi connectivity index (χ1v) is 11.5. The number of thiocarbonyl (C=S) groups is 1. The van der Waals surface area contributed by atoms with E-state index in [0.29, 0.717) is 33.3 Å². The van der Waals surface area contributed by atoms with Crippen LogP contribution in [0.1, 0.15) is 18.4 Å². The van der Waals surface area contributed by atoms with Crippen LogP contribution < -0.4 is 20.3 Å². The summed E-state index contributed by atoms with van der Waals surface area (Å²) >= 11 is 5.33. The van der Waals surface area contributed by atoms with Crippen molar-refractivity contribution in [2.24, 2.45) is 0 Å². The maximum atomic E-state index is 13.2. The molecule has 2 aliphatic rings. The monoisotopic (exact) mass is 478 g/mol. The molecule has 1 unspecified atom stereocenters. The van der Waals surface area contributed by atoms with Crippen LogP contribution in [0.4, 0.5) is 5.69 Å². The van der Waals surface area contributed by atoms with Gasteiger partial charge in [-0.1, -0.05) is 54.7 Å². The number of likely N-dealkylation sites (N-methyl/N-ethyl adjacent to an activating group) is 1. The van der Waals surface area contributed by atoms with Crippen molar-refractivity contribution >= 4 is 34.7 Å². The Labute approximate surface area is 206 Å². The van der Waals surface area contributed by atoms with Crippen molar-refractivity contribution in [2.45, 2.75) is 12.8 Å². The molecule has 178 valence electrons. The summed E-state index contributed by atoms with van der Waals surface area (Å²) in [6.07, 6.45) is 0. The molecule has 0 aliphatic carbocycles. The van der Waals surface area contributed by atoms with Crippen LogP contribution in [0, 0.1) is 0 Å². The molecule has 4 rings (SSSR count). The van der Waals surface area contributed by atoms with E-state index in [0.717, 1.165) is 18.8 Å². The normalized spacial score (nSPS) is 18.3. The summed E-state index contributed by atoms with van der Waals surface area (Å²) in [7, 11) is 3.74. The van der Waals surface area contributed by atoms with Gasteiger partial charge >= 0.3 is 0 Å². The summed E-state index contributed by atoms with van der Waals surface area (Å²) in [6.45, 7) is 6.05. The second kappa shape index (κ2) is 12.3. The molecule has 34 heavy (non-hydrogen) atoms. The van der Waals surface area contributed by atoms with Gasteiger partial charge in [0.05, 0.1) is 33.1 Å².